The summed E-state index contributed by atoms with van der Waals surface area (Å²) in [5, 5.41) is 8.32. The first-order chi connectivity index (χ1) is 14.6. The number of H-pyrrole nitrogens is 2. The van der Waals surface area contributed by atoms with Gasteiger partial charge in [0, 0.05) is 61.2 Å². The van der Waals surface area contributed by atoms with E-state index in [2.05, 4.69) is 15.2 Å². The molecule has 0 spiro atoms. The zero-order chi connectivity index (χ0) is 20.7. The number of carbonyl (C=O) groups excluding carboxylic acids is 2. The lowest BCUT2D eigenvalue weighted by molar-refractivity contribution is 0.0713. The minimum Gasteiger partial charge on any atom is -0.381 e. The minimum absolute atomic E-state index is 0.0621. The third-order valence-electron chi connectivity index (χ3n) is 6.09. The number of nitrogens with one attached hydrogen (secondary N) is 2. The van der Waals surface area contributed by atoms with Crippen LogP contribution >= 0.6 is 0 Å². The Morgan fingerprint density at radius 2 is 2.20 bits per heavy atom. The number of ether oxygens (including phenoxy) is 1. The molecule has 1 saturated heterocycles. The Balaban J connectivity index is 1.34. The van der Waals surface area contributed by atoms with E-state index in [-0.39, 0.29) is 11.8 Å². The van der Waals surface area contributed by atoms with Crippen LogP contribution in [0.5, 0.6) is 0 Å². The zero-order valence-corrected chi connectivity index (χ0v) is 17.0. The van der Waals surface area contributed by atoms with E-state index >= 15 is 0 Å². The van der Waals surface area contributed by atoms with Gasteiger partial charge in [-0.15, -0.1) is 0 Å². The van der Waals surface area contributed by atoms with Gasteiger partial charge in [0.1, 0.15) is 5.69 Å². The van der Waals surface area contributed by atoms with Crippen molar-refractivity contribution in [1.29, 1.82) is 0 Å². The monoisotopic (exact) mass is 407 g/mol. The predicted molar refractivity (Wildman–Crippen MR) is 111 cm³/mol. The lowest BCUT2D eigenvalue weighted by Crippen LogP contribution is -2.38. The molecule has 0 radical (unpaired) electrons. The average molecular weight is 407 g/mol. The van der Waals surface area contributed by atoms with Crippen molar-refractivity contribution in [1.82, 2.24) is 25.0 Å². The highest BCUT2D eigenvalue weighted by Crippen LogP contribution is 2.24. The fraction of sp³-hybridized carbons (Fsp3) is 0.409. The van der Waals surface area contributed by atoms with Crippen LogP contribution in [0.2, 0.25) is 0 Å². The number of rotatable bonds is 4. The van der Waals surface area contributed by atoms with Crippen LogP contribution in [-0.2, 0) is 17.7 Å². The van der Waals surface area contributed by atoms with Gasteiger partial charge in [0.05, 0.1) is 13.2 Å². The van der Waals surface area contributed by atoms with Crippen LogP contribution in [0.3, 0.4) is 0 Å². The number of aromatic nitrogens is 3. The summed E-state index contributed by atoms with van der Waals surface area (Å²) >= 11 is 0. The van der Waals surface area contributed by atoms with Gasteiger partial charge in [-0.2, -0.15) is 5.10 Å². The summed E-state index contributed by atoms with van der Waals surface area (Å²) < 4.78 is 5.42. The SMILES string of the molecule is CN(CC1CCOC1)C(=O)c1n[nH]c2c1CN(C(=O)c1cc3ccccc3[nH]1)CC2. The molecular weight excluding hydrogens is 382 g/mol. The molecule has 0 saturated carbocycles. The molecule has 2 N–H and O–H groups in total. The molecule has 8 nitrogen and oxygen atoms in total. The van der Waals surface area contributed by atoms with Gasteiger partial charge in [0.2, 0.25) is 0 Å². The molecule has 2 aliphatic rings. The molecule has 1 atom stereocenters. The van der Waals surface area contributed by atoms with Crippen molar-refractivity contribution in [3.63, 3.8) is 0 Å². The highest BCUT2D eigenvalue weighted by molar-refractivity contribution is 5.98. The fourth-order valence-corrected chi connectivity index (χ4v) is 4.38. The Hall–Kier alpha value is -3.13. The first kappa shape index (κ1) is 18.9. The molecule has 5 rings (SSSR count). The van der Waals surface area contributed by atoms with Crippen molar-refractivity contribution >= 4 is 22.7 Å². The average Bonchev–Trinajstić information content (AvgIpc) is 3.51. The van der Waals surface area contributed by atoms with Gasteiger partial charge in [-0.25, -0.2) is 0 Å². The molecule has 2 amide bonds. The van der Waals surface area contributed by atoms with E-state index in [1.54, 1.807) is 16.8 Å². The molecule has 1 aromatic carbocycles. The number of fused-ring (bicyclic) bond motifs is 2. The third kappa shape index (κ3) is 3.37. The van der Waals surface area contributed by atoms with Crippen LogP contribution in [0.4, 0.5) is 0 Å². The maximum Gasteiger partial charge on any atom is 0.274 e. The van der Waals surface area contributed by atoms with Crippen LogP contribution in [0.15, 0.2) is 30.3 Å². The summed E-state index contributed by atoms with van der Waals surface area (Å²) in [5.74, 6) is 0.195. The van der Waals surface area contributed by atoms with Crippen LogP contribution in [-0.4, -0.2) is 70.1 Å². The van der Waals surface area contributed by atoms with Crippen molar-refractivity contribution in [2.45, 2.75) is 19.4 Å². The van der Waals surface area contributed by atoms with E-state index < -0.39 is 0 Å². The van der Waals surface area contributed by atoms with Gasteiger partial charge < -0.3 is 19.5 Å². The highest BCUT2D eigenvalue weighted by atomic mass is 16.5. The Kier molecular flexibility index (Phi) is 4.78. The quantitative estimate of drug-likeness (QED) is 0.693. The molecule has 2 aromatic heterocycles. The van der Waals surface area contributed by atoms with Crippen molar-refractivity contribution in [2.24, 2.45) is 5.92 Å². The molecule has 0 aliphatic carbocycles. The molecule has 8 heteroatoms. The lowest BCUT2D eigenvalue weighted by Gasteiger charge is -2.27. The largest absolute Gasteiger partial charge is 0.381 e. The van der Waals surface area contributed by atoms with Crippen molar-refractivity contribution in [3.05, 3.63) is 53.0 Å². The first-order valence-electron chi connectivity index (χ1n) is 10.4. The highest BCUT2D eigenvalue weighted by Gasteiger charge is 2.31. The van der Waals surface area contributed by atoms with Gasteiger partial charge in [-0.3, -0.25) is 14.7 Å². The number of carbonyl (C=O) groups is 2. The molecule has 1 fully saturated rings. The molecule has 0 bridgehead atoms. The van der Waals surface area contributed by atoms with E-state index in [4.69, 9.17) is 4.74 Å². The molecule has 156 valence electrons. The molecular formula is C22H25N5O3. The predicted octanol–water partition coefficient (Wildman–Crippen LogP) is 2.20. The maximum absolute atomic E-state index is 13.1. The normalized spacial score (nSPS) is 18.6. The van der Waals surface area contributed by atoms with E-state index in [9.17, 15) is 9.59 Å². The number of aromatic amines is 2. The van der Waals surface area contributed by atoms with E-state index in [1.807, 2.05) is 30.3 Å². The van der Waals surface area contributed by atoms with Gasteiger partial charge in [-0.05, 0) is 18.6 Å². The summed E-state index contributed by atoms with van der Waals surface area (Å²) in [5.41, 5.74) is 3.69. The topological polar surface area (TPSA) is 94.3 Å². The Bertz CT molecular complexity index is 1060. The van der Waals surface area contributed by atoms with E-state index in [1.165, 1.54) is 0 Å². The fourth-order valence-electron chi connectivity index (χ4n) is 4.38. The molecule has 4 heterocycles. The zero-order valence-electron chi connectivity index (χ0n) is 17.0. The Morgan fingerprint density at radius 1 is 1.33 bits per heavy atom. The number of amides is 2. The molecule has 2 aliphatic heterocycles. The summed E-state index contributed by atoms with van der Waals surface area (Å²) in [6.45, 7) is 3.07. The van der Waals surface area contributed by atoms with Crippen molar-refractivity contribution in [2.75, 3.05) is 33.4 Å². The number of nitrogens with zero attached hydrogens (tertiary/aromatic N) is 3. The maximum atomic E-state index is 13.1. The smallest absolute Gasteiger partial charge is 0.274 e. The summed E-state index contributed by atoms with van der Waals surface area (Å²) in [7, 11) is 1.80. The number of hydrogen-bond donors (Lipinski definition) is 2. The number of benzene rings is 1. The minimum atomic E-state index is -0.112. The standard InChI is InChI=1S/C22H25N5O3/c1-26(11-14-7-9-30-13-14)22(29)20-16-12-27(8-6-18(16)24-25-20)21(28)19-10-15-4-2-3-5-17(15)23-19/h2-5,10,14,23H,6-9,11-13H2,1H3,(H,24,25). The van der Waals surface area contributed by atoms with Crippen LogP contribution in [0.1, 0.15) is 38.7 Å². The van der Waals surface area contributed by atoms with Crippen molar-refractivity contribution < 1.29 is 14.3 Å². The second-order valence-corrected chi connectivity index (χ2v) is 8.19. The number of para-hydroxylation sites is 1. The second-order valence-electron chi connectivity index (χ2n) is 8.19. The third-order valence-corrected chi connectivity index (χ3v) is 6.09. The van der Waals surface area contributed by atoms with Gasteiger partial charge >= 0.3 is 0 Å². The molecule has 30 heavy (non-hydrogen) atoms. The van der Waals surface area contributed by atoms with Gasteiger partial charge in [0.25, 0.3) is 11.8 Å². The summed E-state index contributed by atoms with van der Waals surface area (Å²) in [4.78, 5) is 32.8. The van der Waals surface area contributed by atoms with E-state index in [0.717, 1.165) is 35.2 Å². The van der Waals surface area contributed by atoms with Gasteiger partial charge in [0.15, 0.2) is 5.69 Å². The Labute approximate surface area is 174 Å². The summed E-state index contributed by atoms with van der Waals surface area (Å²) in [6.07, 6.45) is 1.63. The molecule has 3 aromatic rings. The van der Waals surface area contributed by atoms with E-state index in [0.29, 0.717) is 50.0 Å². The second kappa shape index (κ2) is 7.60. The van der Waals surface area contributed by atoms with Crippen molar-refractivity contribution in [3.8, 4) is 0 Å². The Morgan fingerprint density at radius 3 is 3.00 bits per heavy atom. The first-order valence-corrected chi connectivity index (χ1v) is 10.4. The van der Waals surface area contributed by atoms with Crippen LogP contribution < -0.4 is 0 Å². The lowest BCUT2D eigenvalue weighted by atomic mass is 10.0. The summed E-state index contributed by atoms with van der Waals surface area (Å²) in [6, 6.07) is 9.71. The number of hydrogen-bond acceptors (Lipinski definition) is 4. The molecule has 1 unspecified atom stereocenters. The van der Waals surface area contributed by atoms with Crippen LogP contribution in [0.25, 0.3) is 10.9 Å². The van der Waals surface area contributed by atoms with Gasteiger partial charge in [-0.1, -0.05) is 18.2 Å². The van der Waals surface area contributed by atoms with Crippen LogP contribution in [0, 0.1) is 5.92 Å².